The minimum atomic E-state index is -0.621. The fraction of sp³-hybridized carbons (Fsp3) is 0.286. The van der Waals surface area contributed by atoms with Crippen LogP contribution in [0.25, 0.3) is 10.8 Å². The van der Waals surface area contributed by atoms with E-state index in [2.05, 4.69) is 0 Å². The van der Waals surface area contributed by atoms with Crippen molar-refractivity contribution in [2.45, 2.75) is 20.0 Å². The first kappa shape index (κ1) is 11.0. The SMILES string of the molecule is CC(C)C(O)c1ccc2ccccc2c1O. The molecule has 0 bridgehead atoms. The first-order valence-corrected chi connectivity index (χ1v) is 5.50. The highest BCUT2D eigenvalue weighted by atomic mass is 16.3. The molecule has 0 fully saturated rings. The molecule has 84 valence electrons. The number of hydrogen-bond donors (Lipinski definition) is 2. The molecule has 16 heavy (non-hydrogen) atoms. The molecule has 0 amide bonds. The van der Waals surface area contributed by atoms with Crippen LogP contribution in [0.2, 0.25) is 0 Å². The normalized spacial score (nSPS) is 13.2. The quantitative estimate of drug-likeness (QED) is 0.809. The molecular weight excluding hydrogens is 200 g/mol. The van der Waals surface area contributed by atoms with Crippen molar-refractivity contribution in [2.75, 3.05) is 0 Å². The van der Waals surface area contributed by atoms with E-state index in [4.69, 9.17) is 0 Å². The fourth-order valence-electron chi connectivity index (χ4n) is 1.87. The molecule has 2 nitrogen and oxygen atoms in total. The van der Waals surface area contributed by atoms with E-state index >= 15 is 0 Å². The number of fused-ring (bicyclic) bond motifs is 1. The summed E-state index contributed by atoms with van der Waals surface area (Å²) < 4.78 is 0. The van der Waals surface area contributed by atoms with Gasteiger partial charge < -0.3 is 10.2 Å². The third kappa shape index (κ3) is 1.76. The van der Waals surface area contributed by atoms with Gasteiger partial charge in [-0.1, -0.05) is 50.2 Å². The monoisotopic (exact) mass is 216 g/mol. The van der Waals surface area contributed by atoms with E-state index in [0.717, 1.165) is 10.8 Å². The maximum absolute atomic E-state index is 10.1. The molecule has 0 aliphatic carbocycles. The highest BCUT2D eigenvalue weighted by Gasteiger charge is 2.17. The standard InChI is InChI=1S/C14H16O2/c1-9(2)13(15)12-8-7-10-5-3-4-6-11(10)14(12)16/h3-9,13,15-16H,1-2H3. The van der Waals surface area contributed by atoms with Gasteiger partial charge in [0.05, 0.1) is 6.10 Å². The zero-order valence-electron chi connectivity index (χ0n) is 9.51. The largest absolute Gasteiger partial charge is 0.507 e. The molecule has 0 aromatic heterocycles. The van der Waals surface area contributed by atoms with Gasteiger partial charge >= 0.3 is 0 Å². The summed E-state index contributed by atoms with van der Waals surface area (Å²) in [6.07, 6.45) is -0.621. The maximum atomic E-state index is 10.1. The van der Waals surface area contributed by atoms with Gasteiger partial charge in [-0.15, -0.1) is 0 Å². The van der Waals surface area contributed by atoms with Crippen molar-refractivity contribution >= 4 is 10.8 Å². The van der Waals surface area contributed by atoms with Crippen molar-refractivity contribution in [3.05, 3.63) is 42.0 Å². The van der Waals surface area contributed by atoms with Crippen LogP contribution >= 0.6 is 0 Å². The molecule has 0 aliphatic rings. The van der Waals surface area contributed by atoms with Gasteiger partial charge in [0, 0.05) is 10.9 Å². The molecule has 2 aromatic rings. The number of aromatic hydroxyl groups is 1. The Bertz CT molecular complexity index is 503. The topological polar surface area (TPSA) is 40.5 Å². The highest BCUT2D eigenvalue weighted by molar-refractivity contribution is 5.89. The Labute approximate surface area is 95.2 Å². The highest BCUT2D eigenvalue weighted by Crippen LogP contribution is 2.34. The summed E-state index contributed by atoms with van der Waals surface area (Å²) >= 11 is 0. The lowest BCUT2D eigenvalue weighted by Gasteiger charge is -2.17. The van der Waals surface area contributed by atoms with E-state index in [9.17, 15) is 10.2 Å². The first-order valence-electron chi connectivity index (χ1n) is 5.50. The van der Waals surface area contributed by atoms with Gasteiger partial charge in [0.15, 0.2) is 0 Å². The van der Waals surface area contributed by atoms with Crippen LogP contribution in [0, 0.1) is 5.92 Å². The van der Waals surface area contributed by atoms with Crippen LogP contribution in [0.5, 0.6) is 5.75 Å². The third-order valence-corrected chi connectivity index (χ3v) is 2.88. The number of aliphatic hydroxyl groups is 1. The Kier molecular flexibility index (Phi) is 2.84. The van der Waals surface area contributed by atoms with Crippen LogP contribution in [-0.4, -0.2) is 10.2 Å². The van der Waals surface area contributed by atoms with Crippen LogP contribution in [0.4, 0.5) is 0 Å². The average Bonchev–Trinajstić information content (AvgIpc) is 2.29. The van der Waals surface area contributed by atoms with Crippen molar-refractivity contribution in [1.29, 1.82) is 0 Å². The molecule has 2 aromatic carbocycles. The maximum Gasteiger partial charge on any atom is 0.129 e. The number of aliphatic hydroxyl groups excluding tert-OH is 1. The molecule has 2 heteroatoms. The van der Waals surface area contributed by atoms with E-state index < -0.39 is 6.10 Å². The lowest BCUT2D eigenvalue weighted by molar-refractivity contribution is 0.124. The van der Waals surface area contributed by atoms with Crippen LogP contribution in [-0.2, 0) is 0 Å². The number of phenols is 1. The number of benzene rings is 2. The summed E-state index contributed by atoms with van der Waals surface area (Å²) in [6.45, 7) is 3.86. The van der Waals surface area contributed by atoms with E-state index in [1.165, 1.54) is 0 Å². The molecule has 1 unspecified atom stereocenters. The van der Waals surface area contributed by atoms with E-state index in [1.807, 2.05) is 44.2 Å². The summed E-state index contributed by atoms with van der Waals surface area (Å²) in [4.78, 5) is 0. The fourth-order valence-corrected chi connectivity index (χ4v) is 1.87. The number of hydrogen-bond acceptors (Lipinski definition) is 2. The molecule has 0 saturated heterocycles. The molecule has 1 atom stereocenters. The molecule has 0 aliphatic heterocycles. The Morgan fingerprint density at radius 3 is 2.38 bits per heavy atom. The smallest absolute Gasteiger partial charge is 0.129 e. The molecule has 2 rings (SSSR count). The van der Waals surface area contributed by atoms with Gasteiger partial charge in [0.2, 0.25) is 0 Å². The Morgan fingerprint density at radius 2 is 1.69 bits per heavy atom. The zero-order valence-corrected chi connectivity index (χ0v) is 9.51. The summed E-state index contributed by atoms with van der Waals surface area (Å²) in [5.74, 6) is 0.284. The first-order chi connectivity index (χ1) is 7.61. The molecule has 0 radical (unpaired) electrons. The molecule has 0 saturated carbocycles. The molecule has 2 N–H and O–H groups in total. The van der Waals surface area contributed by atoms with Gasteiger partial charge in [-0.05, 0) is 11.3 Å². The zero-order chi connectivity index (χ0) is 11.7. The Balaban J connectivity index is 2.61. The Hall–Kier alpha value is -1.54. The van der Waals surface area contributed by atoms with E-state index in [0.29, 0.717) is 5.56 Å². The van der Waals surface area contributed by atoms with Crippen molar-refractivity contribution in [2.24, 2.45) is 5.92 Å². The summed E-state index contributed by atoms with van der Waals surface area (Å²) in [5.41, 5.74) is 0.605. The third-order valence-electron chi connectivity index (χ3n) is 2.88. The van der Waals surface area contributed by atoms with Crippen LogP contribution in [0.1, 0.15) is 25.5 Å². The van der Waals surface area contributed by atoms with E-state index in [1.54, 1.807) is 6.07 Å². The Morgan fingerprint density at radius 1 is 1.00 bits per heavy atom. The van der Waals surface area contributed by atoms with Gasteiger partial charge in [-0.2, -0.15) is 0 Å². The minimum absolute atomic E-state index is 0.0899. The second kappa shape index (κ2) is 4.14. The minimum Gasteiger partial charge on any atom is -0.507 e. The predicted molar refractivity (Wildman–Crippen MR) is 65.4 cm³/mol. The second-order valence-electron chi connectivity index (χ2n) is 4.41. The van der Waals surface area contributed by atoms with Crippen LogP contribution in [0.3, 0.4) is 0 Å². The van der Waals surface area contributed by atoms with Crippen LogP contribution < -0.4 is 0 Å². The van der Waals surface area contributed by atoms with Crippen LogP contribution in [0.15, 0.2) is 36.4 Å². The van der Waals surface area contributed by atoms with Crippen molar-refractivity contribution in [3.8, 4) is 5.75 Å². The predicted octanol–water partition coefficient (Wildman–Crippen LogP) is 3.23. The lowest BCUT2D eigenvalue weighted by Crippen LogP contribution is -2.05. The van der Waals surface area contributed by atoms with Gasteiger partial charge in [0.25, 0.3) is 0 Å². The van der Waals surface area contributed by atoms with Crippen molar-refractivity contribution in [3.63, 3.8) is 0 Å². The summed E-state index contributed by atoms with van der Waals surface area (Å²) in [6, 6.07) is 11.3. The van der Waals surface area contributed by atoms with Gasteiger partial charge in [0.1, 0.15) is 5.75 Å². The number of rotatable bonds is 2. The molecular formula is C14H16O2. The number of phenolic OH excluding ortho intramolecular Hbond substituents is 1. The average molecular weight is 216 g/mol. The van der Waals surface area contributed by atoms with Gasteiger partial charge in [-0.25, -0.2) is 0 Å². The van der Waals surface area contributed by atoms with E-state index in [-0.39, 0.29) is 11.7 Å². The van der Waals surface area contributed by atoms with Crippen molar-refractivity contribution < 1.29 is 10.2 Å². The summed E-state index contributed by atoms with van der Waals surface area (Å²) in [5, 5.41) is 21.9. The van der Waals surface area contributed by atoms with Crippen molar-refractivity contribution in [1.82, 2.24) is 0 Å². The molecule has 0 spiro atoms. The lowest BCUT2D eigenvalue weighted by atomic mass is 9.95. The summed E-state index contributed by atoms with van der Waals surface area (Å²) in [7, 11) is 0. The second-order valence-corrected chi connectivity index (χ2v) is 4.41. The van der Waals surface area contributed by atoms with Gasteiger partial charge in [-0.3, -0.25) is 0 Å². The molecule has 0 heterocycles.